The van der Waals surface area contributed by atoms with Crippen molar-refractivity contribution in [2.75, 3.05) is 0 Å². The monoisotopic (exact) mass is 244 g/mol. The quantitative estimate of drug-likeness (QED) is 0.399. The van der Waals surface area contributed by atoms with Crippen molar-refractivity contribution >= 4 is 5.97 Å². The SMILES string of the molecule is C=C.N.N.O=C(O)C(c1ccccc1)C(O)O. The number of carbonyl (C=O) groups is 1. The summed E-state index contributed by atoms with van der Waals surface area (Å²) < 4.78 is 0. The first-order valence-corrected chi connectivity index (χ1v) is 4.27. The van der Waals surface area contributed by atoms with Crippen LogP contribution >= 0.6 is 0 Å². The van der Waals surface area contributed by atoms with Crippen LogP contribution in [0, 0.1) is 0 Å². The van der Waals surface area contributed by atoms with Gasteiger partial charge < -0.3 is 27.6 Å². The molecular weight excluding hydrogens is 224 g/mol. The summed E-state index contributed by atoms with van der Waals surface area (Å²) in [7, 11) is 0. The van der Waals surface area contributed by atoms with E-state index in [4.69, 9.17) is 15.3 Å². The van der Waals surface area contributed by atoms with Gasteiger partial charge in [-0.3, -0.25) is 4.79 Å². The second-order valence-corrected chi connectivity index (χ2v) is 2.64. The van der Waals surface area contributed by atoms with Gasteiger partial charge in [-0.15, -0.1) is 13.2 Å². The Morgan fingerprint density at radius 3 is 1.76 bits per heavy atom. The number of hydrogen-bond donors (Lipinski definition) is 5. The summed E-state index contributed by atoms with van der Waals surface area (Å²) in [5.74, 6) is -2.53. The molecule has 9 N–H and O–H groups in total. The lowest BCUT2D eigenvalue weighted by Crippen LogP contribution is -2.25. The van der Waals surface area contributed by atoms with Gasteiger partial charge in [-0.1, -0.05) is 30.3 Å². The summed E-state index contributed by atoms with van der Waals surface area (Å²) in [6.07, 6.45) is -1.88. The zero-order valence-corrected chi connectivity index (χ0v) is 9.62. The van der Waals surface area contributed by atoms with E-state index in [0.717, 1.165) is 0 Å². The van der Waals surface area contributed by atoms with Gasteiger partial charge in [0.25, 0.3) is 0 Å². The lowest BCUT2D eigenvalue weighted by Gasteiger charge is -2.13. The molecule has 6 heteroatoms. The molecule has 0 saturated heterocycles. The van der Waals surface area contributed by atoms with Crippen molar-refractivity contribution in [2.24, 2.45) is 0 Å². The van der Waals surface area contributed by atoms with Crippen molar-refractivity contribution < 1.29 is 20.1 Å². The molecule has 0 bridgehead atoms. The third kappa shape index (κ3) is 6.44. The van der Waals surface area contributed by atoms with Crippen LogP contribution in [0.1, 0.15) is 11.5 Å². The van der Waals surface area contributed by atoms with Crippen LogP contribution in [-0.4, -0.2) is 27.6 Å². The predicted octanol–water partition coefficient (Wildman–Crippen LogP) is 1.29. The maximum Gasteiger partial charge on any atom is 0.316 e. The van der Waals surface area contributed by atoms with Crippen molar-refractivity contribution in [1.29, 1.82) is 0 Å². The van der Waals surface area contributed by atoms with E-state index in [0.29, 0.717) is 5.56 Å². The molecule has 0 heterocycles. The molecule has 0 radical (unpaired) electrons. The zero-order valence-electron chi connectivity index (χ0n) is 9.62. The van der Waals surface area contributed by atoms with Crippen molar-refractivity contribution in [1.82, 2.24) is 12.3 Å². The molecule has 1 aromatic carbocycles. The van der Waals surface area contributed by atoms with Crippen LogP contribution in [0.2, 0.25) is 0 Å². The van der Waals surface area contributed by atoms with E-state index < -0.39 is 18.2 Å². The first-order chi connectivity index (χ1) is 7.13. The summed E-state index contributed by atoms with van der Waals surface area (Å²) >= 11 is 0. The number of carboxylic acids is 1. The molecule has 17 heavy (non-hydrogen) atoms. The van der Waals surface area contributed by atoms with E-state index in [1.807, 2.05) is 0 Å². The first kappa shape index (κ1) is 20.7. The maximum atomic E-state index is 10.6. The molecular formula is C11H20N2O4. The molecule has 0 fully saturated rings. The molecule has 0 aromatic heterocycles. The summed E-state index contributed by atoms with van der Waals surface area (Å²) in [4.78, 5) is 10.6. The van der Waals surface area contributed by atoms with Gasteiger partial charge in [0, 0.05) is 0 Å². The minimum atomic E-state index is -1.88. The minimum Gasteiger partial charge on any atom is -0.481 e. The fourth-order valence-corrected chi connectivity index (χ4v) is 1.10. The number of hydrogen-bond acceptors (Lipinski definition) is 5. The average Bonchev–Trinajstić information content (AvgIpc) is 2.21. The average molecular weight is 244 g/mol. The molecule has 1 aromatic rings. The highest BCUT2D eigenvalue weighted by Gasteiger charge is 2.26. The lowest BCUT2D eigenvalue weighted by atomic mass is 9.99. The molecule has 6 nitrogen and oxygen atoms in total. The van der Waals surface area contributed by atoms with Crippen LogP contribution < -0.4 is 12.3 Å². The van der Waals surface area contributed by atoms with Crippen molar-refractivity contribution in [3.05, 3.63) is 49.1 Å². The molecule has 0 amide bonds. The Labute approximate surface area is 100 Å². The second kappa shape index (κ2) is 10.8. The van der Waals surface area contributed by atoms with Crippen molar-refractivity contribution in [3.8, 4) is 0 Å². The van der Waals surface area contributed by atoms with E-state index in [2.05, 4.69) is 13.2 Å². The number of aliphatic carboxylic acids is 1. The summed E-state index contributed by atoms with van der Waals surface area (Å²) in [6, 6.07) is 8.10. The number of aliphatic hydroxyl groups is 2. The van der Waals surface area contributed by atoms with Crippen molar-refractivity contribution in [2.45, 2.75) is 12.2 Å². The van der Waals surface area contributed by atoms with Crippen LogP contribution in [0.5, 0.6) is 0 Å². The summed E-state index contributed by atoms with van der Waals surface area (Å²) in [5.41, 5.74) is 0.380. The van der Waals surface area contributed by atoms with Crippen LogP contribution in [0.4, 0.5) is 0 Å². The normalized spacial score (nSPS) is 10.1. The zero-order chi connectivity index (χ0) is 11.8. The highest BCUT2D eigenvalue weighted by atomic mass is 16.5. The van der Waals surface area contributed by atoms with E-state index >= 15 is 0 Å². The molecule has 0 aliphatic carbocycles. The van der Waals surface area contributed by atoms with Crippen LogP contribution in [0.3, 0.4) is 0 Å². The smallest absolute Gasteiger partial charge is 0.316 e. The molecule has 0 spiro atoms. The van der Waals surface area contributed by atoms with Crippen molar-refractivity contribution in [3.63, 3.8) is 0 Å². The van der Waals surface area contributed by atoms with E-state index in [1.54, 1.807) is 18.2 Å². The third-order valence-electron chi connectivity index (χ3n) is 1.72. The Bertz CT molecular complexity index is 304. The van der Waals surface area contributed by atoms with Crippen LogP contribution in [0.15, 0.2) is 43.5 Å². The van der Waals surface area contributed by atoms with Gasteiger partial charge in [0.15, 0.2) is 6.29 Å². The fourth-order valence-electron chi connectivity index (χ4n) is 1.10. The van der Waals surface area contributed by atoms with Gasteiger partial charge >= 0.3 is 5.97 Å². The molecule has 98 valence electrons. The Balaban J connectivity index is -0.000000464. The topological polar surface area (TPSA) is 148 Å². The van der Waals surface area contributed by atoms with Crippen LogP contribution in [-0.2, 0) is 4.79 Å². The molecule has 0 aliphatic rings. The number of aliphatic hydroxyl groups excluding tert-OH is 1. The Hall–Kier alpha value is -1.73. The number of rotatable bonds is 3. The lowest BCUT2D eigenvalue weighted by molar-refractivity contribution is -0.150. The molecule has 0 aliphatic heterocycles. The molecule has 1 rings (SSSR count). The highest BCUT2D eigenvalue weighted by Crippen LogP contribution is 2.18. The number of carboxylic acid groups (broad SMARTS) is 1. The van der Waals surface area contributed by atoms with Gasteiger partial charge in [0.05, 0.1) is 0 Å². The van der Waals surface area contributed by atoms with Gasteiger partial charge in [-0.25, -0.2) is 0 Å². The summed E-state index contributed by atoms with van der Waals surface area (Å²) in [6.45, 7) is 6.00. The second-order valence-electron chi connectivity index (χ2n) is 2.64. The molecule has 1 atom stereocenters. The highest BCUT2D eigenvalue weighted by molar-refractivity contribution is 5.76. The van der Waals surface area contributed by atoms with Gasteiger partial charge in [0.1, 0.15) is 5.92 Å². The van der Waals surface area contributed by atoms with E-state index in [1.165, 1.54) is 12.1 Å². The Kier molecular flexibility index (Phi) is 13.1. The minimum absolute atomic E-state index is 0. The predicted molar refractivity (Wildman–Crippen MR) is 66.3 cm³/mol. The third-order valence-corrected chi connectivity index (χ3v) is 1.72. The first-order valence-electron chi connectivity index (χ1n) is 4.27. The maximum absolute atomic E-state index is 10.6. The Morgan fingerprint density at radius 1 is 1.06 bits per heavy atom. The molecule has 0 saturated carbocycles. The number of benzene rings is 1. The Morgan fingerprint density at radius 2 is 1.47 bits per heavy atom. The van der Waals surface area contributed by atoms with Gasteiger partial charge in [-0.2, -0.15) is 0 Å². The largest absolute Gasteiger partial charge is 0.481 e. The summed E-state index contributed by atoms with van der Waals surface area (Å²) in [5, 5.41) is 26.3. The van der Waals surface area contributed by atoms with Gasteiger partial charge in [0.2, 0.25) is 0 Å². The van der Waals surface area contributed by atoms with Gasteiger partial charge in [-0.05, 0) is 5.56 Å². The molecule has 1 unspecified atom stereocenters. The standard InChI is InChI=1S/C9H10O4.C2H4.2H3N/c10-8(11)7(9(12)13)6-4-2-1-3-5-6;1-2;;/h1-5,7-8,10-11H,(H,12,13);1-2H2;2*1H3. The van der Waals surface area contributed by atoms with E-state index in [9.17, 15) is 4.79 Å². The fraction of sp³-hybridized carbons (Fsp3) is 0.182. The van der Waals surface area contributed by atoms with E-state index in [-0.39, 0.29) is 12.3 Å². The van der Waals surface area contributed by atoms with Crippen LogP contribution in [0.25, 0.3) is 0 Å².